The molecule has 0 amide bonds. The summed E-state index contributed by atoms with van der Waals surface area (Å²) >= 11 is 0. The van der Waals surface area contributed by atoms with E-state index in [2.05, 4.69) is 0 Å². The van der Waals surface area contributed by atoms with Gasteiger partial charge in [-0.2, -0.15) is 0 Å². The van der Waals surface area contributed by atoms with Gasteiger partial charge in [0.1, 0.15) is 23.1 Å². The van der Waals surface area contributed by atoms with E-state index in [1.165, 1.54) is 18.2 Å². The monoisotopic (exact) mass is 438 g/mol. The van der Waals surface area contributed by atoms with E-state index in [1.54, 1.807) is 14.2 Å². The van der Waals surface area contributed by atoms with Crippen molar-refractivity contribution in [1.82, 2.24) is 0 Å². The molecule has 0 unspecified atom stereocenters. The molecule has 0 bridgehead atoms. The molecule has 4 nitrogen and oxygen atoms in total. The summed E-state index contributed by atoms with van der Waals surface area (Å²) in [5.41, 5.74) is 0.440. The van der Waals surface area contributed by atoms with Crippen molar-refractivity contribution in [3.8, 4) is 17.2 Å². The second kappa shape index (κ2) is 9.61. The fourth-order valence-electron chi connectivity index (χ4n) is 4.48. The molecule has 2 N–H and O–H groups in total. The number of phenolic OH excluding ortho intramolecular Hbond substituents is 1. The lowest BCUT2D eigenvalue weighted by molar-refractivity contribution is 0.0131. The van der Waals surface area contributed by atoms with Crippen LogP contribution in [0.4, 0.5) is 4.39 Å². The van der Waals surface area contributed by atoms with Crippen LogP contribution >= 0.6 is 0 Å². The summed E-state index contributed by atoms with van der Waals surface area (Å²) in [7, 11) is 3.22. The summed E-state index contributed by atoms with van der Waals surface area (Å²) in [6, 6.07) is 19.1. The van der Waals surface area contributed by atoms with Crippen LogP contribution in [-0.2, 0) is 18.3 Å². The van der Waals surface area contributed by atoms with E-state index in [4.69, 9.17) is 9.47 Å². The Balaban J connectivity index is 1.99. The van der Waals surface area contributed by atoms with Gasteiger partial charge >= 0.3 is 0 Å². The first-order chi connectivity index (χ1) is 15.1. The number of methoxy groups -OCH3 is 2. The van der Waals surface area contributed by atoms with Crippen molar-refractivity contribution in [3.05, 3.63) is 89.2 Å². The number of phenols is 1. The molecule has 0 aliphatic heterocycles. The number of benzene rings is 3. The lowest BCUT2D eigenvalue weighted by atomic mass is 9.71. The van der Waals surface area contributed by atoms with Crippen LogP contribution in [0.1, 0.15) is 37.0 Å². The molecule has 0 saturated heterocycles. The maximum Gasteiger partial charge on any atom is 0.123 e. The quantitative estimate of drug-likeness (QED) is 0.468. The Labute approximate surface area is 189 Å². The lowest BCUT2D eigenvalue weighted by Gasteiger charge is -2.37. The highest BCUT2D eigenvalue weighted by atomic mass is 19.1. The molecule has 0 fully saturated rings. The van der Waals surface area contributed by atoms with Crippen LogP contribution < -0.4 is 9.47 Å². The molecule has 0 heterocycles. The highest BCUT2D eigenvalue weighted by Crippen LogP contribution is 2.40. The van der Waals surface area contributed by atoms with Gasteiger partial charge in [0.25, 0.3) is 0 Å². The highest BCUT2D eigenvalue weighted by molar-refractivity contribution is 5.39. The third kappa shape index (κ3) is 5.80. The van der Waals surface area contributed by atoms with Crippen LogP contribution in [0, 0.1) is 5.82 Å². The zero-order valence-corrected chi connectivity index (χ0v) is 19.1. The molecule has 3 aromatic carbocycles. The molecule has 0 aliphatic rings. The Morgan fingerprint density at radius 1 is 0.812 bits per heavy atom. The van der Waals surface area contributed by atoms with E-state index in [0.717, 1.165) is 11.1 Å². The van der Waals surface area contributed by atoms with Gasteiger partial charge in [0.05, 0.1) is 19.8 Å². The summed E-state index contributed by atoms with van der Waals surface area (Å²) in [6.07, 6.45) is 1.02. The molecule has 0 aliphatic carbocycles. The molecular formula is C27H31FO4. The molecule has 3 aromatic rings. The summed E-state index contributed by atoms with van der Waals surface area (Å²) in [5, 5.41) is 22.3. The number of rotatable bonds is 9. The van der Waals surface area contributed by atoms with E-state index in [9.17, 15) is 14.6 Å². The van der Waals surface area contributed by atoms with Crippen LogP contribution in [0.15, 0.2) is 66.7 Å². The average Bonchev–Trinajstić information content (AvgIpc) is 2.74. The SMILES string of the molecule is COc1cccc(CC(O)(Cc2cccc(OC)c2)CC(C)(C)c2cc(F)ccc2O)c1. The number of aliphatic hydroxyl groups is 1. The van der Waals surface area contributed by atoms with Gasteiger partial charge in [-0.3, -0.25) is 0 Å². The van der Waals surface area contributed by atoms with Gasteiger partial charge in [-0.05, 0) is 65.4 Å². The molecule has 0 aromatic heterocycles. The Bertz CT molecular complexity index is 1010. The molecule has 170 valence electrons. The molecule has 32 heavy (non-hydrogen) atoms. The summed E-state index contributed by atoms with van der Waals surface area (Å²) < 4.78 is 24.7. The first-order valence-electron chi connectivity index (χ1n) is 10.6. The van der Waals surface area contributed by atoms with Gasteiger partial charge in [0, 0.05) is 18.4 Å². The van der Waals surface area contributed by atoms with Crippen LogP contribution in [0.5, 0.6) is 17.2 Å². The van der Waals surface area contributed by atoms with E-state index in [0.29, 0.717) is 36.3 Å². The topological polar surface area (TPSA) is 58.9 Å². The van der Waals surface area contributed by atoms with Crippen LogP contribution in [0.25, 0.3) is 0 Å². The first kappa shape index (κ1) is 23.6. The largest absolute Gasteiger partial charge is 0.508 e. The van der Waals surface area contributed by atoms with Crippen molar-refractivity contribution in [2.75, 3.05) is 14.2 Å². The molecule has 0 atom stereocenters. The van der Waals surface area contributed by atoms with Crippen molar-refractivity contribution in [3.63, 3.8) is 0 Å². The van der Waals surface area contributed by atoms with Gasteiger partial charge in [0.2, 0.25) is 0 Å². The third-order valence-corrected chi connectivity index (χ3v) is 5.79. The maximum atomic E-state index is 14.0. The second-order valence-electron chi connectivity index (χ2n) is 9.00. The number of hydrogen-bond donors (Lipinski definition) is 2. The minimum atomic E-state index is -1.18. The summed E-state index contributed by atoms with van der Waals surface area (Å²) in [6.45, 7) is 3.81. The van der Waals surface area contributed by atoms with Gasteiger partial charge in [0.15, 0.2) is 0 Å². The number of ether oxygens (including phenoxy) is 2. The van der Waals surface area contributed by atoms with Crippen molar-refractivity contribution in [2.45, 2.75) is 44.1 Å². The predicted molar refractivity (Wildman–Crippen MR) is 124 cm³/mol. The number of hydrogen-bond acceptors (Lipinski definition) is 4. The van der Waals surface area contributed by atoms with Gasteiger partial charge < -0.3 is 19.7 Å². The number of aromatic hydroxyl groups is 1. The molecule has 3 rings (SSSR count). The fourth-order valence-corrected chi connectivity index (χ4v) is 4.48. The maximum absolute atomic E-state index is 14.0. The summed E-state index contributed by atoms with van der Waals surface area (Å²) in [5.74, 6) is 1.03. The Kier molecular flexibility index (Phi) is 7.09. The first-order valence-corrected chi connectivity index (χ1v) is 10.6. The smallest absolute Gasteiger partial charge is 0.123 e. The van der Waals surface area contributed by atoms with Crippen LogP contribution in [0.3, 0.4) is 0 Å². The van der Waals surface area contributed by atoms with Crippen molar-refractivity contribution in [1.29, 1.82) is 0 Å². The van der Waals surface area contributed by atoms with Crippen molar-refractivity contribution in [2.24, 2.45) is 0 Å². The van der Waals surface area contributed by atoms with E-state index >= 15 is 0 Å². The van der Waals surface area contributed by atoms with E-state index in [1.807, 2.05) is 62.4 Å². The molecule has 0 saturated carbocycles. The minimum absolute atomic E-state index is 0.0153. The van der Waals surface area contributed by atoms with Crippen molar-refractivity contribution < 1.29 is 24.1 Å². The Morgan fingerprint density at radius 3 is 1.84 bits per heavy atom. The molecule has 0 spiro atoms. The van der Waals surface area contributed by atoms with E-state index in [-0.39, 0.29) is 5.75 Å². The van der Waals surface area contributed by atoms with Gasteiger partial charge in [-0.25, -0.2) is 4.39 Å². The van der Waals surface area contributed by atoms with Crippen molar-refractivity contribution >= 4 is 0 Å². The Morgan fingerprint density at radius 2 is 1.34 bits per heavy atom. The van der Waals surface area contributed by atoms with E-state index < -0.39 is 16.8 Å². The zero-order valence-electron chi connectivity index (χ0n) is 19.1. The van der Waals surface area contributed by atoms with Gasteiger partial charge in [-0.1, -0.05) is 38.1 Å². The molecule has 0 radical (unpaired) electrons. The average molecular weight is 439 g/mol. The minimum Gasteiger partial charge on any atom is -0.508 e. The lowest BCUT2D eigenvalue weighted by Crippen LogP contribution is -2.41. The third-order valence-electron chi connectivity index (χ3n) is 5.79. The fraction of sp³-hybridized carbons (Fsp3) is 0.333. The highest BCUT2D eigenvalue weighted by Gasteiger charge is 2.37. The van der Waals surface area contributed by atoms with Crippen LogP contribution in [-0.4, -0.2) is 30.0 Å². The number of halogens is 1. The van der Waals surface area contributed by atoms with Crippen LogP contribution in [0.2, 0.25) is 0 Å². The standard InChI is InChI=1S/C27H31FO4/c1-26(2,24-15-21(28)11-12-25(24)29)18-27(30,16-19-7-5-9-22(13-19)31-3)17-20-8-6-10-23(14-20)32-4/h5-15,29-30H,16-18H2,1-4H3. The normalized spacial score (nSPS) is 11.9. The zero-order chi connectivity index (χ0) is 23.4. The second-order valence-corrected chi connectivity index (χ2v) is 9.00. The molecule has 5 heteroatoms. The summed E-state index contributed by atoms with van der Waals surface area (Å²) in [4.78, 5) is 0. The molecular weight excluding hydrogens is 407 g/mol. The van der Waals surface area contributed by atoms with Gasteiger partial charge in [-0.15, -0.1) is 0 Å². The Hall–Kier alpha value is -3.05. The predicted octanol–water partition coefficient (Wildman–Crippen LogP) is 5.43.